The minimum atomic E-state index is -3.56. The molecule has 28 heavy (non-hydrogen) atoms. The van der Waals surface area contributed by atoms with Crippen molar-refractivity contribution in [1.29, 1.82) is 0 Å². The molecule has 3 rings (SSSR count). The molecule has 0 N–H and O–H groups in total. The van der Waals surface area contributed by atoms with E-state index in [1.807, 2.05) is 0 Å². The zero-order valence-corrected chi connectivity index (χ0v) is 17.3. The molecular weight excluding hydrogens is 380 g/mol. The first-order valence-corrected chi connectivity index (χ1v) is 11.3. The largest absolute Gasteiger partial charge is 0.449 e. The number of sulfonamides is 1. The molecule has 1 aromatic carbocycles. The summed E-state index contributed by atoms with van der Waals surface area (Å²) in [4.78, 5) is 26.4. The first-order valence-electron chi connectivity index (χ1n) is 9.89. The number of carbonyl (C=O) groups excluding carboxylic acids is 2. The predicted molar refractivity (Wildman–Crippen MR) is 104 cm³/mol. The van der Waals surface area contributed by atoms with Crippen LogP contribution in [0.1, 0.15) is 49.9 Å². The predicted octanol–water partition coefficient (Wildman–Crippen LogP) is 2.27. The van der Waals surface area contributed by atoms with Crippen molar-refractivity contribution in [2.45, 2.75) is 50.5 Å². The van der Waals surface area contributed by atoms with Crippen LogP contribution in [0.25, 0.3) is 0 Å². The summed E-state index contributed by atoms with van der Waals surface area (Å²) in [7, 11) is -3.56. The number of likely N-dealkylation sites (tertiary alicyclic amines) is 1. The van der Waals surface area contributed by atoms with E-state index in [0.717, 1.165) is 25.7 Å². The smallest absolute Gasteiger partial charge is 0.338 e. The van der Waals surface area contributed by atoms with Crippen LogP contribution in [-0.4, -0.2) is 61.8 Å². The molecule has 2 aliphatic heterocycles. The van der Waals surface area contributed by atoms with Crippen LogP contribution in [0, 0.1) is 5.92 Å². The van der Waals surface area contributed by atoms with Gasteiger partial charge in [0.2, 0.25) is 10.0 Å². The molecule has 2 fully saturated rings. The van der Waals surface area contributed by atoms with Crippen LogP contribution in [0.2, 0.25) is 0 Å². The van der Waals surface area contributed by atoms with Crippen molar-refractivity contribution in [3.8, 4) is 0 Å². The fourth-order valence-electron chi connectivity index (χ4n) is 3.61. The lowest BCUT2D eigenvalue weighted by Gasteiger charge is -2.29. The van der Waals surface area contributed by atoms with E-state index in [4.69, 9.17) is 4.74 Å². The molecule has 0 unspecified atom stereocenters. The maximum absolute atomic E-state index is 12.7. The SMILES string of the molecule is CC1CCN(S(=O)(=O)c2ccc(C(=O)O[C@H](C)C(=O)N3CCCC3)cc2)CC1. The Balaban J connectivity index is 1.63. The van der Waals surface area contributed by atoms with Gasteiger partial charge in [0, 0.05) is 26.2 Å². The zero-order chi connectivity index (χ0) is 20.3. The van der Waals surface area contributed by atoms with Crippen molar-refractivity contribution < 1.29 is 22.7 Å². The van der Waals surface area contributed by atoms with E-state index in [0.29, 0.717) is 32.1 Å². The Bertz CT molecular complexity index is 808. The highest BCUT2D eigenvalue weighted by Crippen LogP contribution is 2.24. The number of nitrogens with zero attached hydrogens (tertiary/aromatic N) is 2. The minimum Gasteiger partial charge on any atom is -0.449 e. The van der Waals surface area contributed by atoms with E-state index in [-0.39, 0.29) is 16.4 Å². The van der Waals surface area contributed by atoms with Crippen LogP contribution in [0.4, 0.5) is 0 Å². The van der Waals surface area contributed by atoms with Gasteiger partial charge in [-0.1, -0.05) is 6.92 Å². The molecule has 1 amide bonds. The molecule has 2 aliphatic rings. The number of amides is 1. The third-order valence-electron chi connectivity index (χ3n) is 5.52. The Labute approximate surface area is 166 Å². The number of hydrogen-bond acceptors (Lipinski definition) is 5. The summed E-state index contributed by atoms with van der Waals surface area (Å²) in [5.41, 5.74) is 0.229. The number of hydrogen-bond donors (Lipinski definition) is 0. The van der Waals surface area contributed by atoms with Crippen molar-refractivity contribution in [3.05, 3.63) is 29.8 Å². The Morgan fingerprint density at radius 1 is 1.04 bits per heavy atom. The molecule has 0 spiro atoms. The van der Waals surface area contributed by atoms with Crippen molar-refractivity contribution in [3.63, 3.8) is 0 Å². The van der Waals surface area contributed by atoms with E-state index in [1.54, 1.807) is 11.8 Å². The normalized spacial score (nSPS) is 20.1. The topological polar surface area (TPSA) is 84.0 Å². The van der Waals surface area contributed by atoms with E-state index in [2.05, 4.69) is 6.92 Å². The molecule has 2 saturated heterocycles. The summed E-state index contributed by atoms with van der Waals surface area (Å²) in [5, 5.41) is 0. The summed E-state index contributed by atoms with van der Waals surface area (Å²) < 4.78 is 32.3. The van der Waals surface area contributed by atoms with Gasteiger partial charge in [0.1, 0.15) is 0 Å². The van der Waals surface area contributed by atoms with Crippen LogP contribution < -0.4 is 0 Å². The molecule has 0 aliphatic carbocycles. The van der Waals surface area contributed by atoms with E-state index in [1.165, 1.54) is 28.6 Å². The third-order valence-corrected chi connectivity index (χ3v) is 7.43. The average Bonchev–Trinajstić information content (AvgIpc) is 3.22. The molecule has 1 aromatic rings. The highest BCUT2D eigenvalue weighted by atomic mass is 32.2. The third kappa shape index (κ3) is 4.55. The molecule has 2 heterocycles. The Hall–Kier alpha value is -1.93. The Kier molecular flexibility index (Phi) is 6.40. The molecule has 7 nitrogen and oxygen atoms in total. The number of ether oxygens (including phenoxy) is 1. The first-order chi connectivity index (χ1) is 13.3. The van der Waals surface area contributed by atoms with Crippen LogP contribution in [-0.2, 0) is 19.6 Å². The quantitative estimate of drug-likeness (QED) is 0.698. The van der Waals surface area contributed by atoms with Crippen LogP contribution in [0.3, 0.4) is 0 Å². The van der Waals surface area contributed by atoms with Gasteiger partial charge >= 0.3 is 5.97 Å². The van der Waals surface area contributed by atoms with Gasteiger partial charge in [-0.3, -0.25) is 4.79 Å². The second-order valence-corrected chi connectivity index (χ2v) is 9.63. The maximum atomic E-state index is 12.7. The van der Waals surface area contributed by atoms with Crippen molar-refractivity contribution in [2.24, 2.45) is 5.92 Å². The summed E-state index contributed by atoms with van der Waals surface area (Å²) in [6.07, 6.45) is 2.79. The highest BCUT2D eigenvalue weighted by Gasteiger charge is 2.29. The summed E-state index contributed by atoms with van der Waals surface area (Å²) in [6.45, 7) is 6.12. The summed E-state index contributed by atoms with van der Waals surface area (Å²) in [5.74, 6) is -0.283. The molecule has 0 aromatic heterocycles. The molecule has 0 bridgehead atoms. The maximum Gasteiger partial charge on any atom is 0.338 e. The van der Waals surface area contributed by atoms with Crippen molar-refractivity contribution in [1.82, 2.24) is 9.21 Å². The molecule has 8 heteroatoms. The van der Waals surface area contributed by atoms with E-state index < -0.39 is 22.1 Å². The number of esters is 1. The second-order valence-electron chi connectivity index (χ2n) is 7.69. The Morgan fingerprint density at radius 2 is 1.61 bits per heavy atom. The summed E-state index contributed by atoms with van der Waals surface area (Å²) in [6, 6.07) is 5.73. The van der Waals surface area contributed by atoms with Gasteiger partial charge in [-0.05, 0) is 62.8 Å². The van der Waals surface area contributed by atoms with Crippen LogP contribution in [0.15, 0.2) is 29.2 Å². The highest BCUT2D eigenvalue weighted by molar-refractivity contribution is 7.89. The van der Waals surface area contributed by atoms with Gasteiger partial charge in [-0.15, -0.1) is 0 Å². The average molecular weight is 409 g/mol. The molecule has 154 valence electrons. The number of rotatable bonds is 5. The lowest BCUT2D eigenvalue weighted by Crippen LogP contribution is -2.38. The van der Waals surface area contributed by atoms with E-state index in [9.17, 15) is 18.0 Å². The standard InChI is InChI=1S/C20H28N2O5S/c1-15-9-13-22(14-10-15)28(25,26)18-7-5-17(6-8-18)20(24)27-16(2)19(23)21-11-3-4-12-21/h5-8,15-16H,3-4,9-14H2,1-2H3/t16-/m1/s1. The lowest BCUT2D eigenvalue weighted by atomic mass is 10.0. The monoisotopic (exact) mass is 408 g/mol. The van der Waals surface area contributed by atoms with Gasteiger partial charge in [0.15, 0.2) is 6.10 Å². The summed E-state index contributed by atoms with van der Waals surface area (Å²) >= 11 is 0. The van der Waals surface area contributed by atoms with Crippen LogP contribution >= 0.6 is 0 Å². The van der Waals surface area contributed by atoms with Gasteiger partial charge < -0.3 is 9.64 Å². The van der Waals surface area contributed by atoms with Gasteiger partial charge in [-0.2, -0.15) is 4.31 Å². The number of carbonyl (C=O) groups is 2. The van der Waals surface area contributed by atoms with Gasteiger partial charge in [-0.25, -0.2) is 13.2 Å². The zero-order valence-electron chi connectivity index (χ0n) is 16.5. The molecule has 0 saturated carbocycles. The fourth-order valence-corrected chi connectivity index (χ4v) is 5.08. The van der Waals surface area contributed by atoms with Gasteiger partial charge in [0.05, 0.1) is 10.5 Å². The first kappa shape index (κ1) is 20.8. The molecule has 0 radical (unpaired) electrons. The lowest BCUT2D eigenvalue weighted by molar-refractivity contribution is -0.138. The minimum absolute atomic E-state index is 0.166. The Morgan fingerprint density at radius 3 is 2.18 bits per heavy atom. The number of piperidine rings is 1. The van der Waals surface area contributed by atoms with Crippen LogP contribution in [0.5, 0.6) is 0 Å². The molecule has 1 atom stereocenters. The molecular formula is C20H28N2O5S. The number of benzene rings is 1. The van der Waals surface area contributed by atoms with Crippen molar-refractivity contribution >= 4 is 21.9 Å². The van der Waals surface area contributed by atoms with Crippen molar-refractivity contribution in [2.75, 3.05) is 26.2 Å². The fraction of sp³-hybridized carbons (Fsp3) is 0.600. The van der Waals surface area contributed by atoms with Gasteiger partial charge in [0.25, 0.3) is 5.91 Å². The van der Waals surface area contributed by atoms with E-state index >= 15 is 0 Å². The second kappa shape index (κ2) is 8.61.